The van der Waals surface area contributed by atoms with Crippen molar-refractivity contribution in [2.24, 2.45) is 0 Å². The molecule has 2 aromatic carbocycles. The van der Waals surface area contributed by atoms with Gasteiger partial charge in [0.05, 0.1) is 24.0 Å². The summed E-state index contributed by atoms with van der Waals surface area (Å²) in [5.74, 6) is -0.464. The van der Waals surface area contributed by atoms with Gasteiger partial charge >= 0.3 is 0 Å². The lowest BCUT2D eigenvalue weighted by atomic mass is 10.0. The van der Waals surface area contributed by atoms with E-state index in [1.807, 2.05) is 24.3 Å². The molecule has 0 saturated carbocycles. The summed E-state index contributed by atoms with van der Waals surface area (Å²) in [7, 11) is -3.69. The number of hydrogen-bond acceptors (Lipinski definition) is 5. The molecule has 0 bridgehead atoms. The van der Waals surface area contributed by atoms with E-state index in [1.54, 1.807) is 19.1 Å². The van der Waals surface area contributed by atoms with E-state index in [-0.39, 0.29) is 23.3 Å². The van der Waals surface area contributed by atoms with Gasteiger partial charge in [-0.2, -0.15) is 0 Å². The minimum Gasteiger partial charge on any atom is -0.379 e. The second-order valence-corrected chi connectivity index (χ2v) is 9.21. The van der Waals surface area contributed by atoms with E-state index in [9.17, 15) is 13.2 Å². The van der Waals surface area contributed by atoms with Crippen LogP contribution in [0.15, 0.2) is 47.4 Å². The first-order valence-corrected chi connectivity index (χ1v) is 11.2. The predicted molar refractivity (Wildman–Crippen MR) is 110 cm³/mol. The number of amides is 1. The van der Waals surface area contributed by atoms with Crippen molar-refractivity contribution in [1.82, 2.24) is 9.62 Å². The number of nitrogens with zero attached hydrogens (tertiary/aromatic N) is 1. The van der Waals surface area contributed by atoms with E-state index in [0.29, 0.717) is 11.3 Å². The van der Waals surface area contributed by atoms with Crippen LogP contribution in [-0.4, -0.2) is 45.5 Å². The van der Waals surface area contributed by atoms with Crippen LogP contribution < -0.4 is 10.0 Å². The van der Waals surface area contributed by atoms with Crippen LogP contribution >= 0.6 is 0 Å². The van der Waals surface area contributed by atoms with Crippen molar-refractivity contribution in [3.8, 4) is 0 Å². The Balaban J connectivity index is 1.48. The van der Waals surface area contributed by atoms with Gasteiger partial charge in [0.2, 0.25) is 15.9 Å². The zero-order valence-corrected chi connectivity index (χ0v) is 17.2. The molecule has 1 atom stereocenters. The van der Waals surface area contributed by atoms with Crippen LogP contribution in [-0.2, 0) is 32.6 Å². The molecular weight excluding hydrogens is 390 g/mol. The van der Waals surface area contributed by atoms with Gasteiger partial charge < -0.3 is 10.1 Å². The van der Waals surface area contributed by atoms with Crippen LogP contribution in [0.4, 0.5) is 5.69 Å². The normalized spacial score (nSPS) is 19.8. The quantitative estimate of drug-likeness (QED) is 0.754. The molecule has 1 amide bonds. The number of anilines is 1. The highest BCUT2D eigenvalue weighted by atomic mass is 32.2. The van der Waals surface area contributed by atoms with Crippen LogP contribution in [0.25, 0.3) is 0 Å². The molecule has 0 radical (unpaired) electrons. The molecule has 4 rings (SSSR count). The van der Waals surface area contributed by atoms with E-state index in [2.05, 4.69) is 14.9 Å². The monoisotopic (exact) mass is 415 g/mol. The number of morpholine rings is 1. The van der Waals surface area contributed by atoms with Crippen molar-refractivity contribution in [3.05, 3.63) is 59.2 Å². The minimum atomic E-state index is -3.69. The van der Waals surface area contributed by atoms with Gasteiger partial charge in [-0.3, -0.25) is 9.69 Å². The average Bonchev–Trinajstić information content (AvgIpc) is 3.01. The van der Waals surface area contributed by atoms with Gasteiger partial charge in [-0.25, -0.2) is 13.1 Å². The number of hydrogen-bond donors (Lipinski definition) is 2. The Morgan fingerprint density at radius 3 is 2.62 bits per heavy atom. The van der Waals surface area contributed by atoms with Gasteiger partial charge in [0, 0.05) is 31.9 Å². The first-order valence-electron chi connectivity index (χ1n) is 9.75. The van der Waals surface area contributed by atoms with Crippen LogP contribution in [0.3, 0.4) is 0 Å². The maximum atomic E-state index is 12.9. The van der Waals surface area contributed by atoms with Crippen LogP contribution in [0, 0.1) is 0 Å². The molecule has 1 saturated heterocycles. The third kappa shape index (κ3) is 4.35. The largest absolute Gasteiger partial charge is 0.379 e. The summed E-state index contributed by atoms with van der Waals surface area (Å²) in [6.07, 6.45) is 0. The van der Waals surface area contributed by atoms with E-state index >= 15 is 0 Å². The van der Waals surface area contributed by atoms with E-state index in [1.165, 1.54) is 6.07 Å². The van der Waals surface area contributed by atoms with Gasteiger partial charge in [0.25, 0.3) is 0 Å². The number of ether oxygens (including phenoxy) is 1. The molecule has 154 valence electrons. The van der Waals surface area contributed by atoms with Crippen molar-refractivity contribution < 1.29 is 17.9 Å². The number of nitrogens with one attached hydrogen (secondary N) is 2. The molecule has 2 aliphatic heterocycles. The molecule has 0 aromatic heterocycles. The van der Waals surface area contributed by atoms with Crippen molar-refractivity contribution in [1.29, 1.82) is 0 Å². The first-order chi connectivity index (χ1) is 13.9. The van der Waals surface area contributed by atoms with Crippen molar-refractivity contribution in [2.45, 2.75) is 30.8 Å². The summed E-state index contributed by atoms with van der Waals surface area (Å²) in [5, 5.41) is 2.76. The molecular formula is C21H25N3O4S. The van der Waals surface area contributed by atoms with Crippen LogP contribution in [0.5, 0.6) is 0 Å². The Morgan fingerprint density at radius 1 is 1.14 bits per heavy atom. The number of rotatable bonds is 6. The van der Waals surface area contributed by atoms with Gasteiger partial charge in [-0.05, 0) is 41.8 Å². The Morgan fingerprint density at radius 2 is 1.86 bits per heavy atom. The topological polar surface area (TPSA) is 87.7 Å². The number of carbonyl (C=O) groups excluding carboxylic acids is 1. The molecule has 2 aliphatic rings. The average molecular weight is 416 g/mol. The standard InChI is InChI=1S/C21H25N3O4S/c1-15-19-12-18(6-7-20(19)23-21(15)25)29(26,27)22-13-16-4-2-3-5-17(16)14-24-8-10-28-11-9-24/h2-7,12,15,22H,8-11,13-14H2,1H3,(H,23,25)/t15-/m1/s1. The summed E-state index contributed by atoms with van der Waals surface area (Å²) >= 11 is 0. The number of carbonyl (C=O) groups is 1. The maximum absolute atomic E-state index is 12.9. The zero-order chi connectivity index (χ0) is 20.4. The van der Waals surface area contributed by atoms with E-state index < -0.39 is 10.0 Å². The first kappa shape index (κ1) is 20.0. The fraction of sp³-hybridized carbons (Fsp3) is 0.381. The van der Waals surface area contributed by atoms with Crippen molar-refractivity contribution in [2.75, 3.05) is 31.6 Å². The van der Waals surface area contributed by atoms with Crippen molar-refractivity contribution in [3.63, 3.8) is 0 Å². The maximum Gasteiger partial charge on any atom is 0.240 e. The fourth-order valence-electron chi connectivity index (χ4n) is 3.70. The van der Waals surface area contributed by atoms with Crippen LogP contribution in [0.1, 0.15) is 29.5 Å². The third-order valence-corrected chi connectivity index (χ3v) is 6.92. The molecule has 29 heavy (non-hydrogen) atoms. The lowest BCUT2D eigenvalue weighted by Crippen LogP contribution is -2.36. The van der Waals surface area contributed by atoms with Crippen LogP contribution in [0.2, 0.25) is 0 Å². The molecule has 0 spiro atoms. The van der Waals surface area contributed by atoms with E-state index in [4.69, 9.17) is 4.74 Å². The fourth-order valence-corrected chi connectivity index (χ4v) is 4.74. The lowest BCUT2D eigenvalue weighted by Gasteiger charge is -2.27. The van der Waals surface area contributed by atoms with Gasteiger partial charge in [-0.15, -0.1) is 0 Å². The Bertz CT molecular complexity index is 1020. The number of fused-ring (bicyclic) bond motifs is 1. The molecule has 7 nitrogen and oxygen atoms in total. The Labute approximate surface area is 171 Å². The smallest absolute Gasteiger partial charge is 0.240 e. The second kappa shape index (κ2) is 8.23. The summed E-state index contributed by atoms with van der Waals surface area (Å²) in [6.45, 7) is 5.96. The van der Waals surface area contributed by atoms with Gasteiger partial charge in [0.15, 0.2) is 0 Å². The molecule has 2 heterocycles. The highest BCUT2D eigenvalue weighted by molar-refractivity contribution is 7.89. The molecule has 1 fully saturated rings. The summed E-state index contributed by atoms with van der Waals surface area (Å²) in [6, 6.07) is 12.6. The number of benzene rings is 2. The molecule has 0 aliphatic carbocycles. The zero-order valence-electron chi connectivity index (χ0n) is 16.3. The van der Waals surface area contributed by atoms with Gasteiger partial charge in [0.1, 0.15) is 0 Å². The highest BCUT2D eigenvalue weighted by Crippen LogP contribution is 2.33. The molecule has 0 unspecified atom stereocenters. The molecule has 2 aromatic rings. The molecule has 8 heteroatoms. The highest BCUT2D eigenvalue weighted by Gasteiger charge is 2.28. The predicted octanol–water partition coefficient (Wildman–Crippen LogP) is 2.05. The molecule has 2 N–H and O–H groups in total. The second-order valence-electron chi connectivity index (χ2n) is 7.44. The summed E-state index contributed by atoms with van der Waals surface area (Å²) in [4.78, 5) is 14.3. The Kier molecular flexibility index (Phi) is 5.69. The lowest BCUT2D eigenvalue weighted by molar-refractivity contribution is -0.116. The number of sulfonamides is 1. The summed E-state index contributed by atoms with van der Waals surface area (Å²) in [5.41, 5.74) is 3.45. The Hall–Kier alpha value is -2.26. The SMILES string of the molecule is C[C@H]1C(=O)Nc2ccc(S(=O)(=O)NCc3ccccc3CN3CCOCC3)cc21. The van der Waals surface area contributed by atoms with Crippen molar-refractivity contribution >= 4 is 21.6 Å². The third-order valence-electron chi connectivity index (χ3n) is 5.52. The van der Waals surface area contributed by atoms with Gasteiger partial charge in [-0.1, -0.05) is 24.3 Å². The summed E-state index contributed by atoms with van der Waals surface area (Å²) < 4.78 is 33.8. The minimum absolute atomic E-state index is 0.112. The van der Waals surface area contributed by atoms with E-state index in [0.717, 1.165) is 44.0 Å².